The van der Waals surface area contributed by atoms with E-state index in [9.17, 15) is 9.59 Å². The molecule has 0 saturated carbocycles. The number of aliphatic hydroxyl groups excluding tert-OH is 2. The van der Waals surface area contributed by atoms with Crippen molar-refractivity contribution in [2.24, 2.45) is 0 Å². The summed E-state index contributed by atoms with van der Waals surface area (Å²) < 4.78 is 0. The number of rotatable bonds is 5. The zero-order chi connectivity index (χ0) is 9.56. The molecule has 1 atom stereocenters. The Labute approximate surface area is 70.4 Å². The van der Waals surface area contributed by atoms with Gasteiger partial charge in [0, 0.05) is 6.54 Å². The highest BCUT2D eigenvalue weighted by Gasteiger charge is 2.06. The predicted octanol–water partition coefficient (Wildman–Crippen LogP) is -1.57. The van der Waals surface area contributed by atoms with Crippen LogP contribution in [0.15, 0.2) is 0 Å². The van der Waals surface area contributed by atoms with E-state index >= 15 is 0 Å². The van der Waals surface area contributed by atoms with Crippen molar-refractivity contribution in [3.05, 3.63) is 0 Å². The molecule has 70 valence electrons. The minimum absolute atomic E-state index is 0.0252. The first-order chi connectivity index (χ1) is 5.56. The molecule has 3 N–H and O–H groups in total. The minimum Gasteiger partial charge on any atom is -0.394 e. The van der Waals surface area contributed by atoms with E-state index < -0.39 is 18.6 Å². The van der Waals surface area contributed by atoms with E-state index in [4.69, 9.17) is 10.2 Å². The van der Waals surface area contributed by atoms with Gasteiger partial charge in [-0.3, -0.25) is 9.59 Å². The number of carbonyl (C=O) groups excluding carboxylic acids is 2. The fourth-order valence-electron chi connectivity index (χ4n) is 0.585. The highest BCUT2D eigenvalue weighted by molar-refractivity contribution is 5.96. The summed E-state index contributed by atoms with van der Waals surface area (Å²) in [5.41, 5.74) is 0. The van der Waals surface area contributed by atoms with Gasteiger partial charge in [-0.2, -0.15) is 0 Å². The van der Waals surface area contributed by atoms with Gasteiger partial charge < -0.3 is 15.5 Å². The monoisotopic (exact) mass is 175 g/mol. The number of hydrogen-bond acceptors (Lipinski definition) is 4. The van der Waals surface area contributed by atoms with E-state index in [-0.39, 0.29) is 18.7 Å². The van der Waals surface area contributed by atoms with Crippen molar-refractivity contribution in [3.8, 4) is 0 Å². The molecule has 5 nitrogen and oxygen atoms in total. The van der Waals surface area contributed by atoms with Crippen LogP contribution in [0.4, 0.5) is 0 Å². The molecule has 0 saturated heterocycles. The van der Waals surface area contributed by atoms with Crippen molar-refractivity contribution < 1.29 is 19.8 Å². The zero-order valence-corrected chi connectivity index (χ0v) is 6.91. The van der Waals surface area contributed by atoms with E-state index in [0.717, 1.165) is 0 Å². The number of Topliss-reactive ketones (excluding diaryl/α,β-unsaturated/α-hetero) is 1. The first-order valence-corrected chi connectivity index (χ1v) is 3.61. The molecule has 0 aliphatic rings. The molecule has 0 aliphatic carbocycles. The molecule has 0 aromatic rings. The third-order valence-corrected chi connectivity index (χ3v) is 1.16. The van der Waals surface area contributed by atoms with Crippen LogP contribution in [-0.4, -0.2) is 41.2 Å². The molecule has 0 aromatic carbocycles. The number of amides is 1. The first kappa shape index (κ1) is 11.1. The Kier molecular flexibility index (Phi) is 5.23. The van der Waals surface area contributed by atoms with Crippen molar-refractivity contribution in [2.75, 3.05) is 13.2 Å². The number of ketones is 1. The molecule has 0 fully saturated rings. The van der Waals surface area contributed by atoms with E-state index in [1.54, 1.807) is 0 Å². The Balaban J connectivity index is 3.50. The van der Waals surface area contributed by atoms with Gasteiger partial charge in [-0.05, 0) is 6.92 Å². The second kappa shape index (κ2) is 5.68. The topological polar surface area (TPSA) is 86.6 Å². The van der Waals surface area contributed by atoms with Gasteiger partial charge in [0.2, 0.25) is 5.91 Å². The molecule has 12 heavy (non-hydrogen) atoms. The molecule has 0 rings (SSSR count). The number of hydrogen-bond donors (Lipinski definition) is 3. The normalized spacial score (nSPS) is 12.2. The zero-order valence-electron chi connectivity index (χ0n) is 6.91. The summed E-state index contributed by atoms with van der Waals surface area (Å²) in [5, 5.41) is 19.4. The molecule has 0 aliphatic heterocycles. The van der Waals surface area contributed by atoms with Crippen LogP contribution < -0.4 is 5.32 Å². The van der Waals surface area contributed by atoms with Crippen LogP contribution in [0.1, 0.15) is 13.3 Å². The van der Waals surface area contributed by atoms with Gasteiger partial charge in [0.1, 0.15) is 5.78 Å². The van der Waals surface area contributed by atoms with Crippen LogP contribution in [-0.2, 0) is 9.59 Å². The molecule has 0 radical (unpaired) electrons. The SMILES string of the molecule is CC(=O)CC(=O)NC[C@@H](O)CO. The lowest BCUT2D eigenvalue weighted by Crippen LogP contribution is -2.34. The summed E-state index contributed by atoms with van der Waals surface area (Å²) >= 11 is 0. The maximum Gasteiger partial charge on any atom is 0.227 e. The Morgan fingerprint density at radius 1 is 1.50 bits per heavy atom. The van der Waals surface area contributed by atoms with Gasteiger partial charge >= 0.3 is 0 Å². The molecule has 0 spiro atoms. The van der Waals surface area contributed by atoms with Crippen LogP contribution in [0, 0.1) is 0 Å². The summed E-state index contributed by atoms with van der Waals surface area (Å²) in [6.45, 7) is 0.880. The van der Waals surface area contributed by atoms with Gasteiger partial charge in [0.05, 0.1) is 19.1 Å². The van der Waals surface area contributed by atoms with E-state index in [1.807, 2.05) is 0 Å². The lowest BCUT2D eigenvalue weighted by Gasteiger charge is -2.07. The van der Waals surface area contributed by atoms with Crippen molar-refractivity contribution in [2.45, 2.75) is 19.4 Å². The summed E-state index contributed by atoms with van der Waals surface area (Å²) in [6.07, 6.45) is -1.14. The molecule has 0 bridgehead atoms. The molecule has 5 heteroatoms. The minimum atomic E-state index is -0.957. The third-order valence-electron chi connectivity index (χ3n) is 1.16. The Morgan fingerprint density at radius 3 is 2.50 bits per heavy atom. The van der Waals surface area contributed by atoms with Gasteiger partial charge in [0.15, 0.2) is 0 Å². The fraction of sp³-hybridized carbons (Fsp3) is 0.714. The molecule has 0 unspecified atom stereocenters. The number of carbonyl (C=O) groups is 2. The van der Waals surface area contributed by atoms with E-state index in [2.05, 4.69) is 5.32 Å². The largest absolute Gasteiger partial charge is 0.394 e. The van der Waals surface area contributed by atoms with Crippen molar-refractivity contribution in [1.29, 1.82) is 0 Å². The van der Waals surface area contributed by atoms with E-state index in [1.165, 1.54) is 6.92 Å². The standard InChI is InChI=1S/C7H13NO4/c1-5(10)2-7(12)8-3-6(11)4-9/h6,9,11H,2-4H2,1H3,(H,8,12)/t6-/m1/s1. The molecule has 1 amide bonds. The number of nitrogens with one attached hydrogen (secondary N) is 1. The van der Waals surface area contributed by atoms with Crippen molar-refractivity contribution in [1.82, 2.24) is 5.32 Å². The third kappa shape index (κ3) is 5.82. The molecular formula is C7H13NO4. The number of aliphatic hydroxyl groups is 2. The van der Waals surface area contributed by atoms with Crippen LogP contribution in [0.25, 0.3) is 0 Å². The summed E-state index contributed by atoms with van der Waals surface area (Å²) in [5.74, 6) is -0.666. The average molecular weight is 175 g/mol. The van der Waals surface area contributed by atoms with Gasteiger partial charge in [-0.1, -0.05) is 0 Å². The molecule has 0 heterocycles. The Bertz CT molecular complexity index is 169. The lowest BCUT2D eigenvalue weighted by molar-refractivity contribution is -0.127. The smallest absolute Gasteiger partial charge is 0.227 e. The fourth-order valence-corrected chi connectivity index (χ4v) is 0.585. The van der Waals surface area contributed by atoms with Crippen LogP contribution >= 0.6 is 0 Å². The second-order valence-electron chi connectivity index (χ2n) is 2.52. The van der Waals surface area contributed by atoms with Crippen LogP contribution in [0.5, 0.6) is 0 Å². The summed E-state index contributed by atoms with van der Waals surface area (Å²) in [7, 11) is 0. The Hall–Kier alpha value is -0.940. The summed E-state index contributed by atoms with van der Waals surface area (Å²) in [6, 6.07) is 0. The van der Waals surface area contributed by atoms with E-state index in [0.29, 0.717) is 0 Å². The Morgan fingerprint density at radius 2 is 2.08 bits per heavy atom. The maximum absolute atomic E-state index is 10.7. The maximum atomic E-state index is 10.7. The van der Waals surface area contributed by atoms with Gasteiger partial charge in [-0.15, -0.1) is 0 Å². The second-order valence-corrected chi connectivity index (χ2v) is 2.52. The first-order valence-electron chi connectivity index (χ1n) is 3.61. The predicted molar refractivity (Wildman–Crippen MR) is 41.4 cm³/mol. The van der Waals surface area contributed by atoms with Crippen molar-refractivity contribution in [3.63, 3.8) is 0 Å². The van der Waals surface area contributed by atoms with Gasteiger partial charge in [0.25, 0.3) is 0 Å². The van der Waals surface area contributed by atoms with Crippen LogP contribution in [0.2, 0.25) is 0 Å². The lowest BCUT2D eigenvalue weighted by atomic mass is 10.3. The highest BCUT2D eigenvalue weighted by atomic mass is 16.3. The average Bonchev–Trinajstić information content (AvgIpc) is 1.99. The van der Waals surface area contributed by atoms with Crippen LogP contribution in [0.3, 0.4) is 0 Å². The summed E-state index contributed by atoms with van der Waals surface area (Å²) in [4.78, 5) is 21.1. The highest BCUT2D eigenvalue weighted by Crippen LogP contribution is 1.83. The van der Waals surface area contributed by atoms with Gasteiger partial charge in [-0.25, -0.2) is 0 Å². The van der Waals surface area contributed by atoms with Crippen molar-refractivity contribution >= 4 is 11.7 Å². The molecular weight excluding hydrogens is 162 g/mol. The molecule has 0 aromatic heterocycles. The quantitative estimate of drug-likeness (QED) is 0.441.